The summed E-state index contributed by atoms with van der Waals surface area (Å²) in [6.45, 7) is 2.45. The molecule has 0 aliphatic heterocycles. The molecule has 0 radical (unpaired) electrons. The molecule has 0 fully saturated rings. The number of nitrogens with zero attached hydrogens (tertiary/aromatic N) is 3. The van der Waals surface area contributed by atoms with Gasteiger partial charge in [-0.05, 0) is 24.1 Å². The number of benzene rings is 1. The Bertz CT molecular complexity index is 596. The Kier molecular flexibility index (Phi) is 5.30. The Morgan fingerprint density at radius 2 is 2.14 bits per heavy atom. The fourth-order valence-electron chi connectivity index (χ4n) is 2.01. The first-order valence-corrected chi connectivity index (χ1v) is 7.14. The number of hydrogen-bond acceptors (Lipinski definition) is 4. The number of aromatic nitrogens is 3. The van der Waals surface area contributed by atoms with Crippen molar-refractivity contribution in [3.63, 3.8) is 0 Å². The summed E-state index contributed by atoms with van der Waals surface area (Å²) in [6, 6.07) is 7.41. The number of nitrogens with one attached hydrogen (secondary N) is 1. The molecule has 7 heteroatoms. The Hall–Kier alpha value is -1.92. The van der Waals surface area contributed by atoms with Gasteiger partial charge in [0.25, 0.3) is 0 Å². The first kappa shape index (κ1) is 15.5. The molecule has 3 N–H and O–H groups in total. The Labute approximate surface area is 128 Å². The van der Waals surface area contributed by atoms with Crippen LogP contribution in [0, 0.1) is 0 Å². The number of amides is 1. The van der Waals surface area contributed by atoms with Gasteiger partial charge >= 0.3 is 0 Å². The molecule has 112 valence electrons. The maximum Gasteiger partial charge on any atom is 0.242 e. The maximum atomic E-state index is 12.1. The summed E-state index contributed by atoms with van der Waals surface area (Å²) in [5.41, 5.74) is 7.14. The van der Waals surface area contributed by atoms with E-state index >= 15 is 0 Å². The summed E-state index contributed by atoms with van der Waals surface area (Å²) < 4.78 is 1.48. The third-order valence-electron chi connectivity index (χ3n) is 3.12. The van der Waals surface area contributed by atoms with Gasteiger partial charge < -0.3 is 11.1 Å². The number of rotatable bonds is 6. The van der Waals surface area contributed by atoms with E-state index in [4.69, 9.17) is 17.3 Å². The van der Waals surface area contributed by atoms with E-state index in [0.29, 0.717) is 17.3 Å². The van der Waals surface area contributed by atoms with Crippen molar-refractivity contribution < 1.29 is 4.79 Å². The minimum atomic E-state index is -0.120. The second kappa shape index (κ2) is 7.19. The molecule has 1 unspecified atom stereocenters. The summed E-state index contributed by atoms with van der Waals surface area (Å²) in [4.78, 5) is 12.1. The lowest BCUT2D eigenvalue weighted by Crippen LogP contribution is -2.31. The fourth-order valence-corrected chi connectivity index (χ4v) is 2.14. The molecule has 21 heavy (non-hydrogen) atoms. The molecule has 1 atom stereocenters. The molecule has 0 aliphatic carbocycles. The summed E-state index contributed by atoms with van der Waals surface area (Å²) in [5.74, 6) is -0.120. The molecule has 1 aromatic carbocycles. The Morgan fingerprint density at radius 1 is 1.43 bits per heavy atom. The van der Waals surface area contributed by atoms with Gasteiger partial charge in [-0.25, -0.2) is 4.68 Å². The lowest BCUT2D eigenvalue weighted by atomic mass is 10.0. The van der Waals surface area contributed by atoms with Gasteiger partial charge in [-0.15, -0.1) is 5.10 Å². The largest absolute Gasteiger partial charge is 0.348 e. The number of halogens is 1. The molecular weight excluding hydrogens is 290 g/mol. The van der Waals surface area contributed by atoms with Crippen molar-refractivity contribution in [3.8, 4) is 0 Å². The number of carbonyl (C=O) groups excluding carboxylic acids is 1. The van der Waals surface area contributed by atoms with Crippen molar-refractivity contribution in [1.29, 1.82) is 0 Å². The maximum absolute atomic E-state index is 12.1. The van der Waals surface area contributed by atoms with E-state index in [1.807, 2.05) is 31.2 Å². The third-order valence-corrected chi connectivity index (χ3v) is 3.37. The molecule has 6 nitrogen and oxygen atoms in total. The number of nitrogens with two attached hydrogens (primary N) is 1. The molecule has 0 aliphatic rings. The van der Waals surface area contributed by atoms with Crippen molar-refractivity contribution in [2.45, 2.75) is 32.5 Å². The van der Waals surface area contributed by atoms with Crippen molar-refractivity contribution in [2.24, 2.45) is 5.73 Å². The van der Waals surface area contributed by atoms with Crippen LogP contribution in [0.25, 0.3) is 0 Å². The molecule has 2 aromatic rings. The smallest absolute Gasteiger partial charge is 0.242 e. The van der Waals surface area contributed by atoms with Gasteiger partial charge in [0.1, 0.15) is 6.54 Å². The predicted octanol–water partition coefficient (Wildman–Crippen LogP) is 1.66. The molecule has 0 saturated carbocycles. The van der Waals surface area contributed by atoms with Crippen LogP contribution in [0.5, 0.6) is 0 Å². The van der Waals surface area contributed by atoms with Crippen LogP contribution in [0.15, 0.2) is 30.5 Å². The number of carbonyl (C=O) groups is 1. The van der Waals surface area contributed by atoms with Crippen LogP contribution >= 0.6 is 11.6 Å². The fraction of sp³-hybridized carbons (Fsp3) is 0.357. The summed E-state index contributed by atoms with van der Waals surface area (Å²) >= 11 is 5.87. The first-order valence-electron chi connectivity index (χ1n) is 6.76. The van der Waals surface area contributed by atoms with E-state index in [1.54, 1.807) is 6.20 Å². The summed E-state index contributed by atoms with van der Waals surface area (Å²) in [5, 5.41) is 11.4. The highest BCUT2D eigenvalue weighted by molar-refractivity contribution is 6.30. The van der Waals surface area contributed by atoms with Crippen LogP contribution in [0.4, 0.5) is 0 Å². The minimum absolute atomic E-state index is 0.0488. The van der Waals surface area contributed by atoms with Crippen molar-refractivity contribution in [1.82, 2.24) is 20.3 Å². The van der Waals surface area contributed by atoms with Gasteiger partial charge in [-0.3, -0.25) is 4.79 Å². The van der Waals surface area contributed by atoms with E-state index in [1.165, 1.54) is 4.68 Å². The molecule has 1 heterocycles. The summed E-state index contributed by atoms with van der Waals surface area (Å²) in [7, 11) is 0. The second-order valence-corrected chi connectivity index (χ2v) is 5.13. The first-order chi connectivity index (χ1) is 10.1. The molecule has 0 bridgehead atoms. The van der Waals surface area contributed by atoms with Crippen LogP contribution in [0.3, 0.4) is 0 Å². The van der Waals surface area contributed by atoms with E-state index in [2.05, 4.69) is 15.6 Å². The van der Waals surface area contributed by atoms with Gasteiger partial charge in [-0.1, -0.05) is 35.9 Å². The van der Waals surface area contributed by atoms with Crippen molar-refractivity contribution in [2.75, 3.05) is 0 Å². The lowest BCUT2D eigenvalue weighted by Gasteiger charge is -2.17. The highest BCUT2D eigenvalue weighted by atomic mass is 35.5. The second-order valence-electron chi connectivity index (χ2n) is 4.69. The van der Waals surface area contributed by atoms with Crippen LogP contribution < -0.4 is 11.1 Å². The minimum Gasteiger partial charge on any atom is -0.348 e. The predicted molar refractivity (Wildman–Crippen MR) is 80.5 cm³/mol. The molecule has 1 aromatic heterocycles. The average molecular weight is 308 g/mol. The standard InChI is InChI=1S/C14H18ClN5O/c1-2-13(10-3-5-11(15)6-4-10)17-14(21)9-20-8-12(7-16)18-19-20/h3-6,8,13H,2,7,9,16H2,1H3,(H,17,21). The zero-order valence-corrected chi connectivity index (χ0v) is 12.5. The molecule has 0 saturated heterocycles. The molecular formula is C14H18ClN5O. The van der Waals surface area contributed by atoms with Crippen LogP contribution in [0.1, 0.15) is 30.6 Å². The van der Waals surface area contributed by atoms with Gasteiger partial charge in [0.15, 0.2) is 0 Å². The van der Waals surface area contributed by atoms with Gasteiger partial charge in [0.2, 0.25) is 5.91 Å². The Morgan fingerprint density at radius 3 is 2.71 bits per heavy atom. The average Bonchev–Trinajstić information content (AvgIpc) is 2.93. The van der Waals surface area contributed by atoms with Gasteiger partial charge in [0.05, 0.1) is 17.9 Å². The SMILES string of the molecule is CCC(NC(=O)Cn1cc(CN)nn1)c1ccc(Cl)cc1. The molecule has 0 spiro atoms. The highest BCUT2D eigenvalue weighted by Crippen LogP contribution is 2.19. The quantitative estimate of drug-likeness (QED) is 0.850. The van der Waals surface area contributed by atoms with E-state index in [0.717, 1.165) is 12.0 Å². The zero-order chi connectivity index (χ0) is 15.2. The van der Waals surface area contributed by atoms with Gasteiger partial charge in [-0.2, -0.15) is 0 Å². The van der Waals surface area contributed by atoms with Crippen LogP contribution in [-0.2, 0) is 17.9 Å². The van der Waals surface area contributed by atoms with Crippen molar-refractivity contribution >= 4 is 17.5 Å². The van der Waals surface area contributed by atoms with E-state index in [9.17, 15) is 4.79 Å². The van der Waals surface area contributed by atoms with Crippen molar-refractivity contribution in [3.05, 3.63) is 46.7 Å². The summed E-state index contributed by atoms with van der Waals surface area (Å²) in [6.07, 6.45) is 2.46. The topological polar surface area (TPSA) is 85.8 Å². The van der Waals surface area contributed by atoms with Crippen LogP contribution in [0.2, 0.25) is 5.02 Å². The highest BCUT2D eigenvalue weighted by Gasteiger charge is 2.13. The number of hydrogen-bond donors (Lipinski definition) is 2. The monoisotopic (exact) mass is 307 g/mol. The normalized spacial score (nSPS) is 12.1. The zero-order valence-electron chi connectivity index (χ0n) is 11.8. The Balaban J connectivity index is 1.97. The van der Waals surface area contributed by atoms with Crippen LogP contribution in [-0.4, -0.2) is 20.9 Å². The van der Waals surface area contributed by atoms with E-state index < -0.39 is 0 Å². The van der Waals surface area contributed by atoms with E-state index in [-0.39, 0.29) is 18.5 Å². The molecule has 1 amide bonds. The third kappa shape index (κ3) is 4.27. The van der Waals surface area contributed by atoms with Gasteiger partial charge in [0, 0.05) is 11.6 Å². The lowest BCUT2D eigenvalue weighted by molar-refractivity contribution is -0.122. The molecule has 2 rings (SSSR count).